The predicted octanol–water partition coefficient (Wildman–Crippen LogP) is 4.24. The standard InChI is InChI=1S/C15H26O2/c1-13(2)9-7-10-14(3)11-8-12-15(4,16-5)17-6/h8-9,11-12H,7,10H2,1-6H3/b12-8+,14-11+. The summed E-state index contributed by atoms with van der Waals surface area (Å²) in [4.78, 5) is 0. The van der Waals surface area contributed by atoms with Gasteiger partial charge in [-0.05, 0) is 46.6 Å². The molecule has 0 aliphatic rings. The zero-order chi connectivity index (χ0) is 13.3. The van der Waals surface area contributed by atoms with Gasteiger partial charge in [0.1, 0.15) is 0 Å². The third-order valence-corrected chi connectivity index (χ3v) is 2.68. The van der Waals surface area contributed by atoms with Crippen molar-refractivity contribution in [3.05, 3.63) is 35.5 Å². The van der Waals surface area contributed by atoms with Crippen LogP contribution in [0.25, 0.3) is 0 Å². The van der Waals surface area contributed by atoms with Gasteiger partial charge < -0.3 is 9.47 Å². The maximum Gasteiger partial charge on any atom is 0.184 e. The molecule has 0 atom stereocenters. The molecule has 0 radical (unpaired) electrons. The van der Waals surface area contributed by atoms with Gasteiger partial charge in [0.2, 0.25) is 0 Å². The van der Waals surface area contributed by atoms with Gasteiger partial charge in [-0.3, -0.25) is 0 Å². The van der Waals surface area contributed by atoms with Crippen LogP contribution in [-0.4, -0.2) is 20.0 Å². The predicted molar refractivity (Wildman–Crippen MR) is 74.0 cm³/mol. The molecule has 98 valence electrons. The fourth-order valence-electron chi connectivity index (χ4n) is 1.28. The van der Waals surface area contributed by atoms with E-state index in [9.17, 15) is 0 Å². The summed E-state index contributed by atoms with van der Waals surface area (Å²) in [7, 11) is 3.28. The lowest BCUT2D eigenvalue weighted by atomic mass is 10.1. The van der Waals surface area contributed by atoms with E-state index < -0.39 is 5.79 Å². The highest BCUT2D eigenvalue weighted by atomic mass is 16.7. The van der Waals surface area contributed by atoms with Crippen molar-refractivity contribution in [1.29, 1.82) is 0 Å². The molecule has 17 heavy (non-hydrogen) atoms. The smallest absolute Gasteiger partial charge is 0.184 e. The first kappa shape index (κ1) is 16.1. The van der Waals surface area contributed by atoms with Crippen molar-refractivity contribution in [3.63, 3.8) is 0 Å². The lowest BCUT2D eigenvalue weighted by molar-refractivity contribution is -0.155. The highest BCUT2D eigenvalue weighted by molar-refractivity contribution is 5.13. The van der Waals surface area contributed by atoms with Gasteiger partial charge in [0.05, 0.1) is 0 Å². The van der Waals surface area contributed by atoms with Crippen LogP contribution in [0.4, 0.5) is 0 Å². The maximum absolute atomic E-state index is 5.23. The van der Waals surface area contributed by atoms with Gasteiger partial charge in [-0.25, -0.2) is 0 Å². The Morgan fingerprint density at radius 2 is 1.71 bits per heavy atom. The van der Waals surface area contributed by atoms with Crippen LogP contribution in [0.5, 0.6) is 0 Å². The van der Waals surface area contributed by atoms with Crippen LogP contribution in [0.3, 0.4) is 0 Å². The molecule has 0 fully saturated rings. The molecule has 0 saturated carbocycles. The van der Waals surface area contributed by atoms with Crippen LogP contribution in [-0.2, 0) is 9.47 Å². The number of rotatable bonds is 7. The SMILES string of the molecule is COC(C)(/C=C/C=C(\C)CCC=C(C)C)OC. The molecule has 0 bridgehead atoms. The molecule has 0 amide bonds. The minimum absolute atomic E-state index is 0.628. The minimum atomic E-state index is -0.628. The van der Waals surface area contributed by atoms with E-state index in [0.717, 1.165) is 12.8 Å². The van der Waals surface area contributed by atoms with E-state index in [1.807, 2.05) is 19.1 Å². The molecule has 0 aliphatic carbocycles. The molecule has 0 aromatic carbocycles. The molecule has 2 nitrogen and oxygen atoms in total. The fourth-order valence-corrected chi connectivity index (χ4v) is 1.28. The van der Waals surface area contributed by atoms with Crippen LogP contribution in [0.15, 0.2) is 35.5 Å². The van der Waals surface area contributed by atoms with E-state index >= 15 is 0 Å². The monoisotopic (exact) mass is 238 g/mol. The van der Waals surface area contributed by atoms with Crippen molar-refractivity contribution in [1.82, 2.24) is 0 Å². The summed E-state index contributed by atoms with van der Waals surface area (Å²) >= 11 is 0. The zero-order valence-electron chi connectivity index (χ0n) is 12.0. The zero-order valence-corrected chi connectivity index (χ0v) is 12.0. The number of hydrogen-bond acceptors (Lipinski definition) is 2. The average Bonchev–Trinajstić information content (AvgIpc) is 2.28. The fraction of sp³-hybridized carbons (Fsp3) is 0.600. The topological polar surface area (TPSA) is 18.5 Å². The molecule has 2 heteroatoms. The number of allylic oxidation sites excluding steroid dienone is 5. The maximum atomic E-state index is 5.23. The molecule has 0 unspecified atom stereocenters. The van der Waals surface area contributed by atoms with Gasteiger partial charge in [-0.1, -0.05) is 29.4 Å². The molecule has 0 spiro atoms. The van der Waals surface area contributed by atoms with Gasteiger partial charge in [0, 0.05) is 14.2 Å². The van der Waals surface area contributed by atoms with Crippen molar-refractivity contribution in [2.45, 2.75) is 46.3 Å². The molecule has 0 aromatic heterocycles. The van der Waals surface area contributed by atoms with E-state index in [2.05, 4.69) is 32.9 Å². The lowest BCUT2D eigenvalue weighted by Crippen LogP contribution is -2.26. The largest absolute Gasteiger partial charge is 0.350 e. The number of hydrogen-bond donors (Lipinski definition) is 0. The first-order valence-corrected chi connectivity index (χ1v) is 6.02. The Hall–Kier alpha value is -0.860. The van der Waals surface area contributed by atoms with Crippen LogP contribution in [0, 0.1) is 0 Å². The summed E-state index contributed by atoms with van der Waals surface area (Å²) in [6.07, 6.45) is 10.5. The second-order valence-corrected chi connectivity index (χ2v) is 4.62. The normalized spacial score (nSPS) is 13.2. The Bertz CT molecular complexity index is 290. The summed E-state index contributed by atoms with van der Waals surface area (Å²) < 4.78 is 10.5. The van der Waals surface area contributed by atoms with Crippen molar-refractivity contribution in [2.24, 2.45) is 0 Å². The van der Waals surface area contributed by atoms with E-state index in [1.54, 1.807) is 14.2 Å². The van der Waals surface area contributed by atoms with Crippen LogP contribution >= 0.6 is 0 Å². The van der Waals surface area contributed by atoms with E-state index in [0.29, 0.717) is 0 Å². The summed E-state index contributed by atoms with van der Waals surface area (Å²) in [6, 6.07) is 0. The third-order valence-electron chi connectivity index (χ3n) is 2.68. The molecule has 0 saturated heterocycles. The van der Waals surface area contributed by atoms with Gasteiger partial charge in [0.15, 0.2) is 5.79 Å². The first-order chi connectivity index (χ1) is 7.93. The molecule has 0 aromatic rings. The average molecular weight is 238 g/mol. The Labute approximate surface area is 106 Å². The van der Waals surface area contributed by atoms with Crippen molar-refractivity contribution < 1.29 is 9.47 Å². The molecule has 0 rings (SSSR count). The van der Waals surface area contributed by atoms with Gasteiger partial charge in [-0.2, -0.15) is 0 Å². The van der Waals surface area contributed by atoms with Gasteiger partial charge in [-0.15, -0.1) is 0 Å². The molecule has 0 heterocycles. The Morgan fingerprint density at radius 3 is 2.18 bits per heavy atom. The first-order valence-electron chi connectivity index (χ1n) is 6.02. The minimum Gasteiger partial charge on any atom is -0.350 e. The number of ether oxygens (including phenoxy) is 2. The second kappa shape index (κ2) is 8.26. The van der Waals surface area contributed by atoms with Gasteiger partial charge in [0.25, 0.3) is 0 Å². The molecule has 0 aliphatic heterocycles. The van der Waals surface area contributed by atoms with Crippen molar-refractivity contribution in [3.8, 4) is 0 Å². The molecule has 0 N–H and O–H groups in total. The third kappa shape index (κ3) is 7.94. The Morgan fingerprint density at radius 1 is 1.12 bits per heavy atom. The lowest BCUT2D eigenvalue weighted by Gasteiger charge is -2.21. The van der Waals surface area contributed by atoms with E-state index in [-0.39, 0.29) is 0 Å². The second-order valence-electron chi connectivity index (χ2n) is 4.62. The van der Waals surface area contributed by atoms with Crippen molar-refractivity contribution >= 4 is 0 Å². The van der Waals surface area contributed by atoms with E-state index in [1.165, 1.54) is 11.1 Å². The van der Waals surface area contributed by atoms with Crippen LogP contribution < -0.4 is 0 Å². The quantitative estimate of drug-likeness (QED) is 0.375. The van der Waals surface area contributed by atoms with Crippen LogP contribution in [0.1, 0.15) is 40.5 Å². The summed E-state index contributed by atoms with van der Waals surface area (Å²) in [6.45, 7) is 8.28. The van der Waals surface area contributed by atoms with E-state index in [4.69, 9.17) is 9.47 Å². The Balaban J connectivity index is 4.22. The molecular formula is C15H26O2. The summed E-state index contributed by atoms with van der Waals surface area (Å²) in [5.74, 6) is -0.628. The highest BCUT2D eigenvalue weighted by Crippen LogP contribution is 2.12. The summed E-state index contributed by atoms with van der Waals surface area (Å²) in [5.41, 5.74) is 2.73. The van der Waals surface area contributed by atoms with Crippen LogP contribution in [0.2, 0.25) is 0 Å². The van der Waals surface area contributed by atoms with Crippen molar-refractivity contribution in [2.75, 3.05) is 14.2 Å². The highest BCUT2D eigenvalue weighted by Gasteiger charge is 2.16. The number of methoxy groups -OCH3 is 2. The molecular weight excluding hydrogens is 212 g/mol. The Kier molecular flexibility index (Phi) is 7.85. The van der Waals surface area contributed by atoms with Gasteiger partial charge >= 0.3 is 0 Å². The summed E-state index contributed by atoms with van der Waals surface area (Å²) in [5, 5.41) is 0.